The van der Waals surface area contributed by atoms with E-state index in [1.807, 2.05) is 0 Å². The number of carbonyl (C=O) groups is 1. The molecule has 0 bridgehead atoms. The predicted octanol–water partition coefficient (Wildman–Crippen LogP) is 1.99. The van der Waals surface area contributed by atoms with E-state index >= 15 is 0 Å². The lowest BCUT2D eigenvalue weighted by atomic mass is 10.0. The van der Waals surface area contributed by atoms with E-state index in [9.17, 15) is 9.18 Å². The maximum atomic E-state index is 13.1. The molecule has 1 heterocycles. The lowest BCUT2D eigenvalue weighted by Gasteiger charge is -2.21. The zero-order valence-corrected chi connectivity index (χ0v) is 9.93. The number of carbonyl (C=O) groups excluding carboxylic acids is 1. The van der Waals surface area contributed by atoms with Crippen LogP contribution in [0.2, 0.25) is 0 Å². The molecule has 1 aliphatic rings. The number of amides is 1. The van der Waals surface area contributed by atoms with Crippen LogP contribution in [0.25, 0.3) is 0 Å². The third-order valence-corrected chi connectivity index (χ3v) is 2.85. The number of anilines is 1. The second-order valence-electron chi connectivity index (χ2n) is 4.30. The molecule has 1 aromatic rings. The first kappa shape index (κ1) is 11.8. The molecule has 2 N–H and O–H groups in total. The molecule has 0 saturated carbocycles. The van der Waals surface area contributed by atoms with Gasteiger partial charge in [-0.15, -0.1) is 0 Å². The van der Waals surface area contributed by atoms with Crippen molar-refractivity contribution in [2.24, 2.45) is 0 Å². The fourth-order valence-corrected chi connectivity index (χ4v) is 1.71. The molecule has 0 aromatic heterocycles. The molecule has 4 heteroatoms. The Morgan fingerprint density at radius 1 is 1.35 bits per heavy atom. The van der Waals surface area contributed by atoms with Crippen LogP contribution in [-0.2, 0) is 4.79 Å². The van der Waals surface area contributed by atoms with Crippen molar-refractivity contribution < 1.29 is 9.18 Å². The van der Waals surface area contributed by atoms with Crippen LogP contribution in [0.4, 0.5) is 10.1 Å². The number of hydrogen-bond donors (Lipinski definition) is 2. The molecule has 3 nitrogen and oxygen atoms in total. The van der Waals surface area contributed by atoms with Crippen LogP contribution in [0.15, 0.2) is 29.3 Å². The Morgan fingerprint density at radius 2 is 2.06 bits per heavy atom. The third-order valence-electron chi connectivity index (χ3n) is 2.85. The number of nitrogens with one attached hydrogen (secondary N) is 2. The van der Waals surface area contributed by atoms with Crippen molar-refractivity contribution in [2.75, 3.05) is 18.4 Å². The Labute approximate surface area is 99.7 Å². The molecule has 0 radical (unpaired) electrons. The first-order valence-electron chi connectivity index (χ1n) is 5.54. The molecular formula is C13H15FN2O. The summed E-state index contributed by atoms with van der Waals surface area (Å²) in [6.45, 7) is 5.11. The van der Waals surface area contributed by atoms with Crippen LogP contribution >= 0.6 is 0 Å². The summed E-state index contributed by atoms with van der Waals surface area (Å²) in [7, 11) is 0. The molecule has 1 fully saturated rings. The van der Waals surface area contributed by atoms with E-state index in [0.717, 1.165) is 24.2 Å². The lowest BCUT2D eigenvalue weighted by molar-refractivity contribution is -0.112. The maximum absolute atomic E-state index is 13.1. The van der Waals surface area contributed by atoms with Crippen molar-refractivity contribution >= 4 is 11.6 Å². The molecule has 1 saturated heterocycles. The maximum Gasteiger partial charge on any atom is 0.251 e. The van der Waals surface area contributed by atoms with Gasteiger partial charge in [-0.2, -0.15) is 0 Å². The Hall–Kier alpha value is -1.68. The Bertz CT molecular complexity index is 468. The Balaban J connectivity index is 2.12. The van der Waals surface area contributed by atoms with E-state index in [2.05, 4.69) is 10.6 Å². The number of rotatable bonds is 2. The van der Waals surface area contributed by atoms with E-state index in [0.29, 0.717) is 11.3 Å². The quantitative estimate of drug-likeness (QED) is 0.768. The molecule has 0 aliphatic carbocycles. The predicted molar refractivity (Wildman–Crippen MR) is 65.3 cm³/mol. The highest BCUT2D eigenvalue weighted by molar-refractivity contribution is 6.04. The molecule has 2 rings (SSSR count). The average molecular weight is 234 g/mol. The van der Waals surface area contributed by atoms with Crippen LogP contribution in [0.1, 0.15) is 12.5 Å². The van der Waals surface area contributed by atoms with Gasteiger partial charge < -0.3 is 10.6 Å². The van der Waals surface area contributed by atoms with E-state index in [-0.39, 0.29) is 11.7 Å². The zero-order chi connectivity index (χ0) is 12.4. The molecule has 0 unspecified atom stereocenters. The molecule has 0 spiro atoms. The summed E-state index contributed by atoms with van der Waals surface area (Å²) in [6.07, 6.45) is 0. The van der Waals surface area contributed by atoms with Crippen LogP contribution in [0.3, 0.4) is 0 Å². The zero-order valence-electron chi connectivity index (χ0n) is 9.93. The molecule has 1 amide bonds. The Kier molecular flexibility index (Phi) is 3.24. The number of aryl methyl sites for hydroxylation is 1. The fourth-order valence-electron chi connectivity index (χ4n) is 1.71. The summed E-state index contributed by atoms with van der Waals surface area (Å²) in [5, 5.41) is 5.79. The average Bonchev–Trinajstić information content (AvgIpc) is 2.12. The second kappa shape index (κ2) is 4.67. The first-order valence-corrected chi connectivity index (χ1v) is 5.54. The van der Waals surface area contributed by atoms with Gasteiger partial charge in [0.1, 0.15) is 5.82 Å². The lowest BCUT2D eigenvalue weighted by Crippen LogP contribution is -2.36. The minimum Gasteiger partial charge on any atom is -0.322 e. The van der Waals surface area contributed by atoms with Gasteiger partial charge in [0.05, 0.1) is 0 Å². The third kappa shape index (κ3) is 2.71. The van der Waals surface area contributed by atoms with E-state index < -0.39 is 0 Å². The van der Waals surface area contributed by atoms with Crippen LogP contribution in [-0.4, -0.2) is 19.0 Å². The van der Waals surface area contributed by atoms with E-state index in [1.165, 1.54) is 12.1 Å². The van der Waals surface area contributed by atoms with Crippen molar-refractivity contribution in [3.8, 4) is 0 Å². The van der Waals surface area contributed by atoms with Gasteiger partial charge >= 0.3 is 0 Å². The molecule has 90 valence electrons. The monoisotopic (exact) mass is 234 g/mol. The number of hydrogen-bond acceptors (Lipinski definition) is 2. The first-order chi connectivity index (χ1) is 8.06. The number of benzene rings is 1. The van der Waals surface area contributed by atoms with Crippen molar-refractivity contribution in [1.82, 2.24) is 5.32 Å². The second-order valence-corrected chi connectivity index (χ2v) is 4.30. The van der Waals surface area contributed by atoms with Crippen LogP contribution in [0, 0.1) is 12.7 Å². The summed E-state index contributed by atoms with van der Waals surface area (Å²) in [4.78, 5) is 11.9. The van der Waals surface area contributed by atoms with Crippen molar-refractivity contribution in [3.05, 3.63) is 40.7 Å². The van der Waals surface area contributed by atoms with Gasteiger partial charge in [-0.3, -0.25) is 4.79 Å². The summed E-state index contributed by atoms with van der Waals surface area (Å²) < 4.78 is 13.1. The molecule has 1 aliphatic heterocycles. The van der Waals surface area contributed by atoms with E-state index in [4.69, 9.17) is 0 Å². The smallest absolute Gasteiger partial charge is 0.251 e. The van der Waals surface area contributed by atoms with E-state index in [1.54, 1.807) is 19.9 Å². The van der Waals surface area contributed by atoms with Gasteiger partial charge in [0.2, 0.25) is 0 Å². The van der Waals surface area contributed by atoms with Crippen molar-refractivity contribution in [1.29, 1.82) is 0 Å². The van der Waals surface area contributed by atoms with Gasteiger partial charge in [-0.1, -0.05) is 0 Å². The SMILES string of the molecule is CC(C(=O)Nc1cc(C)cc(F)c1)=C1CNC1. The summed E-state index contributed by atoms with van der Waals surface area (Å²) >= 11 is 0. The molecule has 0 atom stereocenters. The minimum absolute atomic E-state index is 0.161. The van der Waals surface area contributed by atoms with Crippen LogP contribution in [0.5, 0.6) is 0 Å². The minimum atomic E-state index is -0.337. The van der Waals surface area contributed by atoms with Gasteiger partial charge in [-0.25, -0.2) is 4.39 Å². The summed E-state index contributed by atoms with van der Waals surface area (Å²) in [5.41, 5.74) is 3.11. The molecule has 1 aromatic carbocycles. The van der Waals surface area contributed by atoms with Crippen LogP contribution < -0.4 is 10.6 Å². The normalized spacial score (nSPS) is 14.2. The topological polar surface area (TPSA) is 41.1 Å². The highest BCUT2D eigenvalue weighted by Gasteiger charge is 2.16. The van der Waals surface area contributed by atoms with Gasteiger partial charge in [0.15, 0.2) is 0 Å². The highest BCUT2D eigenvalue weighted by atomic mass is 19.1. The van der Waals surface area contributed by atoms with Gasteiger partial charge in [0, 0.05) is 24.4 Å². The number of halogens is 1. The van der Waals surface area contributed by atoms with Crippen molar-refractivity contribution in [3.63, 3.8) is 0 Å². The van der Waals surface area contributed by atoms with Gasteiger partial charge in [0.25, 0.3) is 5.91 Å². The summed E-state index contributed by atoms with van der Waals surface area (Å²) in [5.74, 6) is -0.498. The highest BCUT2D eigenvalue weighted by Crippen LogP contribution is 2.16. The summed E-state index contributed by atoms with van der Waals surface area (Å²) in [6, 6.07) is 4.50. The van der Waals surface area contributed by atoms with Crippen molar-refractivity contribution in [2.45, 2.75) is 13.8 Å². The molecular weight excluding hydrogens is 219 g/mol. The Morgan fingerprint density at radius 3 is 2.59 bits per heavy atom. The largest absolute Gasteiger partial charge is 0.322 e. The fraction of sp³-hybridized carbons (Fsp3) is 0.308. The molecule has 17 heavy (non-hydrogen) atoms. The van der Waals surface area contributed by atoms with Gasteiger partial charge in [-0.05, 0) is 43.2 Å². The standard InChI is InChI=1S/C13H15FN2O/c1-8-3-11(14)5-12(4-8)16-13(17)9(2)10-6-15-7-10/h3-5,15H,6-7H2,1-2H3,(H,16,17).